The number of nitriles is 1. The zero-order valence-electron chi connectivity index (χ0n) is 9.78. The van der Waals surface area contributed by atoms with Crippen LogP contribution in [0.3, 0.4) is 0 Å². The van der Waals surface area contributed by atoms with E-state index in [1.807, 2.05) is 6.07 Å². The van der Waals surface area contributed by atoms with Crippen molar-refractivity contribution in [3.8, 4) is 6.07 Å². The number of alkyl halides is 3. The second kappa shape index (κ2) is 5.85. The summed E-state index contributed by atoms with van der Waals surface area (Å²) in [5.41, 5.74) is 1.18. The van der Waals surface area contributed by atoms with Crippen molar-refractivity contribution < 1.29 is 18.3 Å². The average molecular weight is 258 g/mol. The Morgan fingerprint density at radius 3 is 2.67 bits per heavy atom. The first-order valence-corrected chi connectivity index (χ1v) is 5.25. The molecule has 1 atom stereocenters. The quantitative estimate of drug-likeness (QED) is 0.897. The third kappa shape index (κ3) is 4.35. The Morgan fingerprint density at radius 2 is 2.11 bits per heavy atom. The van der Waals surface area contributed by atoms with Gasteiger partial charge in [-0.2, -0.15) is 18.4 Å². The number of rotatable bonds is 4. The fraction of sp³-hybridized carbons (Fsp3) is 0.417. The maximum atomic E-state index is 12.1. The van der Waals surface area contributed by atoms with Crippen LogP contribution in [0.1, 0.15) is 11.1 Å². The Labute approximate surface area is 103 Å². The van der Waals surface area contributed by atoms with Crippen LogP contribution >= 0.6 is 0 Å². The molecule has 18 heavy (non-hydrogen) atoms. The third-order valence-electron chi connectivity index (χ3n) is 2.37. The van der Waals surface area contributed by atoms with Crippen LogP contribution in [0.25, 0.3) is 0 Å². The number of hydrogen-bond acceptors (Lipinski definition) is 3. The summed E-state index contributed by atoms with van der Waals surface area (Å²) < 4.78 is 36.4. The molecule has 98 valence electrons. The second-order valence-corrected chi connectivity index (χ2v) is 4.07. The Morgan fingerprint density at radius 1 is 1.44 bits per heavy atom. The van der Waals surface area contributed by atoms with Crippen LogP contribution in [0.5, 0.6) is 0 Å². The van der Waals surface area contributed by atoms with Crippen molar-refractivity contribution in [2.75, 3.05) is 13.6 Å². The summed E-state index contributed by atoms with van der Waals surface area (Å²) >= 11 is 0. The number of nitrogens with zero attached hydrogens (tertiary/aromatic N) is 2. The summed E-state index contributed by atoms with van der Waals surface area (Å²) in [6.07, 6.45) is -6.97. The lowest BCUT2D eigenvalue weighted by molar-refractivity contribution is -0.207. The first-order valence-electron chi connectivity index (χ1n) is 5.25. The third-order valence-corrected chi connectivity index (χ3v) is 2.37. The standard InChI is InChI=1S/C12H13F3N2O/c1-17(8-11(18)12(13,14)15)7-10-4-2-3-9(5-10)6-16/h2-5,11,18H,7-8H2,1H3. The summed E-state index contributed by atoms with van der Waals surface area (Å²) in [6.45, 7) is -0.261. The normalized spacial score (nSPS) is 13.4. The van der Waals surface area contributed by atoms with Gasteiger partial charge in [0.2, 0.25) is 0 Å². The Kier molecular flexibility index (Phi) is 4.70. The SMILES string of the molecule is CN(Cc1cccc(C#N)c1)CC(O)C(F)(F)F. The van der Waals surface area contributed by atoms with Gasteiger partial charge in [-0.25, -0.2) is 0 Å². The van der Waals surface area contributed by atoms with E-state index >= 15 is 0 Å². The fourth-order valence-corrected chi connectivity index (χ4v) is 1.51. The fourth-order valence-electron chi connectivity index (χ4n) is 1.51. The highest BCUT2D eigenvalue weighted by atomic mass is 19.4. The predicted molar refractivity (Wildman–Crippen MR) is 59.6 cm³/mol. The van der Waals surface area contributed by atoms with Gasteiger partial charge < -0.3 is 5.11 Å². The van der Waals surface area contributed by atoms with Crippen molar-refractivity contribution in [3.63, 3.8) is 0 Å². The van der Waals surface area contributed by atoms with Crippen molar-refractivity contribution in [1.82, 2.24) is 4.90 Å². The van der Waals surface area contributed by atoms with Crippen LogP contribution in [-0.4, -0.2) is 35.9 Å². The number of hydrogen-bond donors (Lipinski definition) is 1. The van der Waals surface area contributed by atoms with Gasteiger partial charge in [-0.3, -0.25) is 4.90 Å². The monoisotopic (exact) mass is 258 g/mol. The molecule has 0 spiro atoms. The van der Waals surface area contributed by atoms with E-state index < -0.39 is 18.8 Å². The summed E-state index contributed by atoms with van der Waals surface area (Å²) in [7, 11) is 1.48. The van der Waals surface area contributed by atoms with Crippen LogP contribution in [0.15, 0.2) is 24.3 Å². The van der Waals surface area contributed by atoms with Gasteiger partial charge in [0.1, 0.15) is 0 Å². The van der Waals surface area contributed by atoms with Gasteiger partial charge in [0, 0.05) is 13.1 Å². The number of aliphatic hydroxyl groups is 1. The van der Waals surface area contributed by atoms with E-state index in [-0.39, 0.29) is 6.54 Å². The predicted octanol–water partition coefficient (Wildman–Crippen LogP) is 1.91. The molecule has 0 heterocycles. The highest BCUT2D eigenvalue weighted by Crippen LogP contribution is 2.20. The van der Waals surface area contributed by atoms with Crippen molar-refractivity contribution in [2.45, 2.75) is 18.8 Å². The smallest absolute Gasteiger partial charge is 0.382 e. The molecule has 6 heteroatoms. The molecule has 0 saturated carbocycles. The molecule has 1 unspecified atom stereocenters. The molecule has 3 nitrogen and oxygen atoms in total. The molecule has 0 aromatic heterocycles. The molecule has 1 rings (SSSR count). The van der Waals surface area contributed by atoms with Gasteiger partial charge in [0.25, 0.3) is 0 Å². The molecule has 0 fully saturated rings. The van der Waals surface area contributed by atoms with Crippen LogP contribution in [-0.2, 0) is 6.54 Å². The van der Waals surface area contributed by atoms with Gasteiger partial charge >= 0.3 is 6.18 Å². The highest BCUT2D eigenvalue weighted by Gasteiger charge is 2.38. The summed E-state index contributed by atoms with van der Waals surface area (Å²) in [5, 5.41) is 17.6. The van der Waals surface area contributed by atoms with Gasteiger partial charge in [-0.15, -0.1) is 0 Å². The van der Waals surface area contributed by atoms with E-state index in [1.165, 1.54) is 11.9 Å². The topological polar surface area (TPSA) is 47.3 Å². The Bertz CT molecular complexity index is 440. The average Bonchev–Trinajstić information content (AvgIpc) is 2.27. The molecule has 0 bridgehead atoms. The van der Waals surface area contributed by atoms with Gasteiger partial charge in [-0.05, 0) is 24.7 Å². The van der Waals surface area contributed by atoms with Crippen LogP contribution < -0.4 is 0 Å². The Balaban J connectivity index is 2.60. The van der Waals surface area contributed by atoms with E-state index in [4.69, 9.17) is 10.4 Å². The first-order chi connectivity index (χ1) is 8.32. The molecule has 1 N–H and O–H groups in total. The van der Waals surface area contributed by atoms with Crippen molar-refractivity contribution in [2.24, 2.45) is 0 Å². The summed E-state index contributed by atoms with van der Waals surface area (Å²) in [5.74, 6) is 0. The second-order valence-electron chi connectivity index (χ2n) is 4.07. The molecule has 1 aromatic carbocycles. The largest absolute Gasteiger partial charge is 0.415 e. The van der Waals surface area contributed by atoms with Gasteiger partial charge in [-0.1, -0.05) is 12.1 Å². The van der Waals surface area contributed by atoms with Gasteiger partial charge in [0.05, 0.1) is 11.6 Å². The molecule has 0 aliphatic carbocycles. The van der Waals surface area contributed by atoms with Gasteiger partial charge in [0.15, 0.2) is 6.10 Å². The molecule has 0 radical (unpaired) electrons. The molecular formula is C12H13F3N2O. The minimum Gasteiger partial charge on any atom is -0.382 e. The van der Waals surface area contributed by atoms with E-state index in [9.17, 15) is 13.2 Å². The molecular weight excluding hydrogens is 245 g/mol. The summed E-state index contributed by atoms with van der Waals surface area (Å²) in [4.78, 5) is 1.36. The molecule has 0 aliphatic heterocycles. The van der Waals surface area contributed by atoms with E-state index in [0.29, 0.717) is 5.56 Å². The molecule has 0 amide bonds. The maximum Gasteiger partial charge on any atom is 0.415 e. The van der Waals surface area contributed by atoms with Crippen molar-refractivity contribution in [1.29, 1.82) is 5.26 Å². The minimum absolute atomic E-state index is 0.239. The zero-order chi connectivity index (χ0) is 13.8. The minimum atomic E-state index is -4.61. The van der Waals surface area contributed by atoms with E-state index in [2.05, 4.69) is 0 Å². The molecule has 1 aromatic rings. The van der Waals surface area contributed by atoms with Crippen LogP contribution in [0, 0.1) is 11.3 Å². The number of likely N-dealkylation sites (N-methyl/N-ethyl adjacent to an activating group) is 1. The molecule has 0 aliphatic rings. The first kappa shape index (κ1) is 14.5. The maximum absolute atomic E-state index is 12.1. The lowest BCUT2D eigenvalue weighted by Gasteiger charge is -2.22. The summed E-state index contributed by atoms with van der Waals surface area (Å²) in [6, 6.07) is 8.57. The zero-order valence-corrected chi connectivity index (χ0v) is 9.78. The number of benzene rings is 1. The van der Waals surface area contributed by atoms with Crippen molar-refractivity contribution in [3.05, 3.63) is 35.4 Å². The lowest BCUT2D eigenvalue weighted by atomic mass is 10.1. The van der Waals surface area contributed by atoms with E-state index in [1.54, 1.807) is 24.3 Å². The number of halogens is 3. The van der Waals surface area contributed by atoms with Crippen molar-refractivity contribution >= 4 is 0 Å². The molecule has 0 saturated heterocycles. The number of aliphatic hydroxyl groups excluding tert-OH is 1. The van der Waals surface area contributed by atoms with Crippen LogP contribution in [0.4, 0.5) is 13.2 Å². The highest BCUT2D eigenvalue weighted by molar-refractivity contribution is 5.32. The van der Waals surface area contributed by atoms with Crippen LogP contribution in [0.2, 0.25) is 0 Å². The van der Waals surface area contributed by atoms with E-state index in [0.717, 1.165) is 5.56 Å². The lowest BCUT2D eigenvalue weighted by Crippen LogP contribution is -2.39. The Hall–Kier alpha value is -1.58.